The topological polar surface area (TPSA) is 15.3 Å². The summed E-state index contributed by atoms with van der Waals surface area (Å²) in [5.41, 5.74) is 0.262. The molecule has 0 aromatic carbocycles. The van der Waals surface area contributed by atoms with Gasteiger partial charge >= 0.3 is 0 Å². The Morgan fingerprint density at radius 3 is 2.20 bits per heavy atom. The number of hydrogen-bond donors (Lipinski definition) is 1. The highest BCUT2D eigenvalue weighted by Crippen LogP contribution is 2.13. The fraction of sp³-hybridized carbons (Fsp3) is 0.875. The zero-order valence-electron chi connectivity index (χ0n) is 7.44. The third-order valence-corrected chi connectivity index (χ3v) is 1.32. The first-order chi connectivity index (χ1) is 4.48. The Hall–Kier alpha value is -0.0800. The molecule has 60 valence electrons. The van der Waals surface area contributed by atoms with Gasteiger partial charge in [-0.15, -0.1) is 0 Å². The third kappa shape index (κ3) is 4.77. The molecule has 2 nitrogen and oxygen atoms in total. The maximum atomic E-state index is 5.22. The van der Waals surface area contributed by atoms with Crippen LogP contribution in [0.25, 0.3) is 0 Å². The SMILES string of the molecule is [CH]NCC(C)(C)CN(C)C. The van der Waals surface area contributed by atoms with E-state index >= 15 is 0 Å². The lowest BCUT2D eigenvalue weighted by molar-refractivity contribution is 0.239. The van der Waals surface area contributed by atoms with Crippen LogP contribution in [-0.2, 0) is 0 Å². The molecule has 0 bridgehead atoms. The lowest BCUT2D eigenvalue weighted by atomic mass is 9.93. The lowest BCUT2D eigenvalue weighted by Crippen LogP contribution is -2.35. The van der Waals surface area contributed by atoms with Crippen molar-refractivity contribution >= 4 is 0 Å². The molecular weight excluding hydrogens is 124 g/mol. The second-order valence-corrected chi connectivity index (χ2v) is 3.78. The molecule has 0 aliphatic rings. The molecule has 0 saturated heterocycles. The minimum Gasteiger partial charge on any atom is -0.310 e. The molecule has 0 aliphatic heterocycles. The van der Waals surface area contributed by atoms with Crippen molar-refractivity contribution in [2.45, 2.75) is 13.8 Å². The molecule has 0 saturated carbocycles. The molecule has 0 heterocycles. The second-order valence-electron chi connectivity index (χ2n) is 3.78. The first-order valence-corrected chi connectivity index (χ1v) is 3.56. The molecule has 2 radical (unpaired) electrons. The Labute approximate surface area is 64.6 Å². The quantitative estimate of drug-likeness (QED) is 0.585. The van der Waals surface area contributed by atoms with Gasteiger partial charge in [-0.3, -0.25) is 0 Å². The van der Waals surface area contributed by atoms with Crippen LogP contribution in [-0.4, -0.2) is 32.1 Å². The fourth-order valence-electron chi connectivity index (χ4n) is 1.19. The Kier molecular flexibility index (Phi) is 3.91. The van der Waals surface area contributed by atoms with Crippen molar-refractivity contribution in [3.05, 3.63) is 7.05 Å². The molecule has 0 aliphatic carbocycles. The van der Waals surface area contributed by atoms with Crippen molar-refractivity contribution in [3.63, 3.8) is 0 Å². The van der Waals surface area contributed by atoms with Crippen molar-refractivity contribution < 1.29 is 0 Å². The first kappa shape index (κ1) is 9.92. The van der Waals surface area contributed by atoms with Gasteiger partial charge in [0.1, 0.15) is 0 Å². The van der Waals surface area contributed by atoms with Crippen LogP contribution >= 0.6 is 0 Å². The van der Waals surface area contributed by atoms with Crippen molar-refractivity contribution in [2.24, 2.45) is 5.41 Å². The molecule has 0 unspecified atom stereocenters. The fourth-order valence-corrected chi connectivity index (χ4v) is 1.19. The maximum absolute atomic E-state index is 5.22. The predicted molar refractivity (Wildman–Crippen MR) is 44.6 cm³/mol. The van der Waals surface area contributed by atoms with Crippen LogP contribution < -0.4 is 5.32 Å². The molecule has 2 heteroatoms. The minimum absolute atomic E-state index is 0.262. The van der Waals surface area contributed by atoms with Crippen LogP contribution in [0.15, 0.2) is 0 Å². The van der Waals surface area contributed by atoms with E-state index in [9.17, 15) is 0 Å². The van der Waals surface area contributed by atoms with Gasteiger partial charge in [0.2, 0.25) is 0 Å². The summed E-state index contributed by atoms with van der Waals surface area (Å²) in [7, 11) is 9.36. The number of rotatable bonds is 4. The van der Waals surface area contributed by atoms with Crippen molar-refractivity contribution in [1.29, 1.82) is 0 Å². The van der Waals surface area contributed by atoms with Crippen molar-refractivity contribution in [2.75, 3.05) is 27.2 Å². The van der Waals surface area contributed by atoms with Gasteiger partial charge in [0.25, 0.3) is 0 Å². The van der Waals surface area contributed by atoms with E-state index in [1.165, 1.54) is 0 Å². The summed E-state index contributed by atoms with van der Waals surface area (Å²) in [5, 5.41) is 2.69. The molecular formula is C8H18N2. The monoisotopic (exact) mass is 142 g/mol. The zero-order chi connectivity index (χ0) is 8.20. The summed E-state index contributed by atoms with van der Waals surface area (Å²) in [5.74, 6) is 0. The summed E-state index contributed by atoms with van der Waals surface area (Å²) in [6.07, 6.45) is 0. The standard InChI is InChI=1S/C8H18N2/c1-8(2,6-9-3)7-10(4)5/h3,9H,6-7H2,1-2,4-5H3. The van der Waals surface area contributed by atoms with Gasteiger partial charge in [-0.2, -0.15) is 0 Å². The first-order valence-electron chi connectivity index (χ1n) is 3.56. The van der Waals surface area contributed by atoms with Crippen molar-refractivity contribution in [3.8, 4) is 0 Å². The molecule has 1 N–H and O–H groups in total. The molecule has 0 fully saturated rings. The smallest absolute Gasteiger partial charge is 0.0407 e. The molecule has 0 aromatic rings. The van der Waals surface area contributed by atoms with E-state index < -0.39 is 0 Å². The van der Waals surface area contributed by atoms with Crippen LogP contribution in [0.4, 0.5) is 0 Å². The van der Waals surface area contributed by atoms with E-state index in [4.69, 9.17) is 7.05 Å². The summed E-state index contributed by atoms with van der Waals surface area (Å²) in [6.45, 7) is 6.28. The zero-order valence-corrected chi connectivity index (χ0v) is 7.44. The summed E-state index contributed by atoms with van der Waals surface area (Å²) in [4.78, 5) is 2.16. The Bertz CT molecular complexity index is 87.3. The molecule has 10 heavy (non-hydrogen) atoms. The highest BCUT2D eigenvalue weighted by atomic mass is 15.1. The highest BCUT2D eigenvalue weighted by Gasteiger charge is 2.16. The van der Waals surface area contributed by atoms with E-state index in [-0.39, 0.29) is 5.41 Å². The second kappa shape index (κ2) is 3.94. The van der Waals surface area contributed by atoms with E-state index in [0.717, 1.165) is 13.1 Å². The van der Waals surface area contributed by atoms with E-state index in [1.807, 2.05) is 0 Å². The largest absolute Gasteiger partial charge is 0.310 e. The summed E-state index contributed by atoms with van der Waals surface area (Å²) >= 11 is 0. The average Bonchev–Trinajstić information content (AvgIpc) is 1.59. The normalized spacial score (nSPS) is 12.6. The van der Waals surface area contributed by atoms with Crippen LogP contribution in [0.5, 0.6) is 0 Å². The van der Waals surface area contributed by atoms with Gasteiger partial charge in [0.15, 0.2) is 0 Å². The third-order valence-electron chi connectivity index (χ3n) is 1.32. The molecule has 0 atom stereocenters. The Balaban J connectivity index is 3.63. The average molecular weight is 142 g/mol. The van der Waals surface area contributed by atoms with E-state index in [1.54, 1.807) is 0 Å². The number of nitrogens with one attached hydrogen (secondary N) is 1. The lowest BCUT2D eigenvalue weighted by Gasteiger charge is -2.27. The molecule has 0 amide bonds. The maximum Gasteiger partial charge on any atom is 0.0407 e. The Morgan fingerprint density at radius 1 is 1.40 bits per heavy atom. The van der Waals surface area contributed by atoms with Crippen LogP contribution in [0.3, 0.4) is 0 Å². The predicted octanol–water partition coefficient (Wildman–Crippen LogP) is 0.832. The molecule has 0 aromatic heterocycles. The number of nitrogens with zero attached hydrogens (tertiary/aromatic N) is 1. The molecule has 0 rings (SSSR count). The van der Waals surface area contributed by atoms with Gasteiger partial charge in [0, 0.05) is 20.1 Å². The highest BCUT2D eigenvalue weighted by molar-refractivity contribution is 4.73. The number of hydrogen-bond acceptors (Lipinski definition) is 2. The summed E-state index contributed by atoms with van der Waals surface area (Å²) in [6, 6.07) is 0. The van der Waals surface area contributed by atoms with Crippen LogP contribution in [0, 0.1) is 12.5 Å². The van der Waals surface area contributed by atoms with E-state index in [0.29, 0.717) is 0 Å². The van der Waals surface area contributed by atoms with Gasteiger partial charge < -0.3 is 10.2 Å². The van der Waals surface area contributed by atoms with E-state index in [2.05, 4.69) is 38.2 Å². The van der Waals surface area contributed by atoms with Gasteiger partial charge in [-0.05, 0) is 19.5 Å². The van der Waals surface area contributed by atoms with Crippen molar-refractivity contribution in [1.82, 2.24) is 10.2 Å². The summed E-state index contributed by atoms with van der Waals surface area (Å²) < 4.78 is 0. The van der Waals surface area contributed by atoms with Crippen LogP contribution in [0.1, 0.15) is 13.8 Å². The van der Waals surface area contributed by atoms with Crippen LogP contribution in [0.2, 0.25) is 0 Å². The Morgan fingerprint density at radius 2 is 1.90 bits per heavy atom. The molecule has 0 spiro atoms. The van der Waals surface area contributed by atoms with Gasteiger partial charge in [-0.1, -0.05) is 13.8 Å². The van der Waals surface area contributed by atoms with Gasteiger partial charge in [0.05, 0.1) is 0 Å². The van der Waals surface area contributed by atoms with Gasteiger partial charge in [-0.25, -0.2) is 0 Å². The minimum atomic E-state index is 0.262.